The van der Waals surface area contributed by atoms with Crippen LogP contribution in [-0.4, -0.2) is 219 Å². The van der Waals surface area contributed by atoms with Crippen molar-refractivity contribution in [1.29, 1.82) is 0 Å². The second-order valence-electron chi connectivity index (χ2n) is 25.3. The van der Waals surface area contributed by atoms with Crippen LogP contribution in [0.15, 0.2) is 0 Å². The largest absolute Gasteiger partial charge is 0.457 e. The molecule has 0 aromatic carbocycles. The van der Waals surface area contributed by atoms with Crippen molar-refractivity contribution in [2.45, 2.75) is 376 Å². The molecule has 23 heteroatoms. The van der Waals surface area contributed by atoms with E-state index in [0.717, 1.165) is 116 Å². The van der Waals surface area contributed by atoms with Crippen LogP contribution < -0.4 is 0 Å². The summed E-state index contributed by atoms with van der Waals surface area (Å²) >= 11 is 0. The second-order valence-corrected chi connectivity index (χ2v) is 25.3. The summed E-state index contributed by atoms with van der Waals surface area (Å²) in [4.78, 5) is 27.3. The molecule has 6 fully saturated rings. The molecule has 0 aliphatic carbocycles. The van der Waals surface area contributed by atoms with Gasteiger partial charge in [0.15, 0.2) is 43.7 Å². The maximum absolute atomic E-state index is 14.4. The second kappa shape index (κ2) is 37.0. The number of rotatable bonds is 24. The first-order valence-corrected chi connectivity index (χ1v) is 33.2. The van der Waals surface area contributed by atoms with Crippen LogP contribution in [0, 0.1) is 5.92 Å². The summed E-state index contributed by atoms with van der Waals surface area (Å²) in [5, 5.41) is 91.8. The SMILES string of the molecule is CCCCCCCCCCCC(=O)O[C@H]1[C@H](O[C@@H]2[C@H]3OCCCCCCCCCCC(CCCCC)O[C@H]4[C@@H](O[C@H](O[C@H]2C)[C@@H]3O)O[C@H](C)[C@H](O)[C@@H]4O)O[C@@H](C)[C@H](O[C@@H]2O[C@@H](C)[C@H](OC(=O)[C@@H](C)CC)[C@@H](O)[C@H]2O)[C@H]1O[C@@H]1O[C@@H](C)[C@H](O)[C@@H](O)[C@H]1O. The average Bonchev–Trinajstić information content (AvgIpc) is 1.42. The first-order valence-electron chi connectivity index (χ1n) is 33.2. The number of ether oxygens (including phenoxy) is 13. The minimum Gasteiger partial charge on any atom is -0.457 e. The minimum atomic E-state index is -1.86. The molecule has 6 rings (SSSR count). The quantitative estimate of drug-likeness (QED) is 0.0418. The number of aliphatic hydroxyl groups is 8. The lowest BCUT2D eigenvalue weighted by Crippen LogP contribution is -2.68. The van der Waals surface area contributed by atoms with Gasteiger partial charge in [0.25, 0.3) is 0 Å². The van der Waals surface area contributed by atoms with Crippen molar-refractivity contribution in [3.05, 3.63) is 0 Å². The molecular formula is C63H112O23. The lowest BCUT2D eigenvalue weighted by Gasteiger charge is -2.51. The van der Waals surface area contributed by atoms with E-state index in [1.54, 1.807) is 34.6 Å². The van der Waals surface area contributed by atoms with Crippen LogP contribution in [0.2, 0.25) is 0 Å². The highest BCUT2D eigenvalue weighted by molar-refractivity contribution is 5.72. The van der Waals surface area contributed by atoms with Crippen LogP contribution in [0.25, 0.3) is 0 Å². The summed E-state index contributed by atoms with van der Waals surface area (Å²) in [7, 11) is 0. The molecule has 0 aromatic heterocycles. The van der Waals surface area contributed by atoms with E-state index < -0.39 is 171 Å². The molecule has 0 saturated carbocycles. The van der Waals surface area contributed by atoms with Crippen LogP contribution in [0.4, 0.5) is 0 Å². The van der Waals surface area contributed by atoms with Gasteiger partial charge in [-0.15, -0.1) is 0 Å². The van der Waals surface area contributed by atoms with Gasteiger partial charge in [-0.2, -0.15) is 0 Å². The van der Waals surface area contributed by atoms with Gasteiger partial charge in [-0.05, 0) is 66.7 Å². The number of aliphatic hydroxyl groups excluding tert-OH is 8. The summed E-state index contributed by atoms with van der Waals surface area (Å²) in [5.41, 5.74) is 0. The van der Waals surface area contributed by atoms with Gasteiger partial charge < -0.3 is 102 Å². The summed E-state index contributed by atoms with van der Waals surface area (Å²) in [6, 6.07) is 0. The normalized spacial score (nSPS) is 42.1. The Morgan fingerprint density at radius 2 is 0.942 bits per heavy atom. The third kappa shape index (κ3) is 20.6. The molecule has 0 amide bonds. The van der Waals surface area contributed by atoms with E-state index in [2.05, 4.69) is 13.8 Å². The molecule has 6 saturated heterocycles. The van der Waals surface area contributed by atoms with Gasteiger partial charge in [-0.25, -0.2) is 0 Å². The van der Waals surface area contributed by atoms with E-state index in [1.165, 1.54) is 19.8 Å². The van der Waals surface area contributed by atoms with Crippen molar-refractivity contribution in [3.8, 4) is 0 Å². The van der Waals surface area contributed by atoms with Gasteiger partial charge in [-0.3, -0.25) is 9.59 Å². The Morgan fingerprint density at radius 1 is 0.430 bits per heavy atom. The fourth-order valence-corrected chi connectivity index (χ4v) is 12.4. The first kappa shape index (κ1) is 73.2. The van der Waals surface area contributed by atoms with E-state index in [1.807, 2.05) is 6.92 Å². The molecule has 8 N–H and O–H groups in total. The Bertz CT molecular complexity index is 1910. The van der Waals surface area contributed by atoms with Crippen molar-refractivity contribution in [2.75, 3.05) is 6.61 Å². The highest BCUT2D eigenvalue weighted by Crippen LogP contribution is 2.39. The van der Waals surface area contributed by atoms with Gasteiger partial charge in [-0.1, -0.05) is 143 Å². The first-order chi connectivity index (χ1) is 41.2. The maximum atomic E-state index is 14.4. The molecule has 502 valence electrons. The average molecular weight is 1240 g/mol. The molecule has 23 nitrogen and oxygen atoms in total. The Balaban J connectivity index is 1.34. The van der Waals surface area contributed by atoms with Crippen LogP contribution in [-0.2, 0) is 71.2 Å². The van der Waals surface area contributed by atoms with E-state index in [0.29, 0.717) is 19.3 Å². The predicted octanol–water partition coefficient (Wildman–Crippen LogP) is 5.80. The highest BCUT2D eigenvalue weighted by Gasteiger charge is 2.58. The number of hydrogen-bond donors (Lipinski definition) is 8. The predicted molar refractivity (Wildman–Crippen MR) is 311 cm³/mol. The number of carbonyl (C=O) groups excluding carboxylic acids is 2. The fourth-order valence-electron chi connectivity index (χ4n) is 12.4. The monoisotopic (exact) mass is 1240 g/mol. The van der Waals surface area contributed by atoms with E-state index in [-0.39, 0.29) is 19.1 Å². The Hall–Kier alpha value is -1.82. The number of hydrogen-bond acceptors (Lipinski definition) is 23. The van der Waals surface area contributed by atoms with Crippen LogP contribution in [0.1, 0.15) is 216 Å². The zero-order valence-electron chi connectivity index (χ0n) is 53.0. The molecule has 6 aliphatic heterocycles. The smallest absolute Gasteiger partial charge is 0.309 e. The van der Waals surface area contributed by atoms with Crippen molar-refractivity contribution in [2.24, 2.45) is 5.92 Å². The molecule has 86 heavy (non-hydrogen) atoms. The minimum absolute atomic E-state index is 0.0353. The molecule has 0 radical (unpaired) electrons. The van der Waals surface area contributed by atoms with Gasteiger partial charge >= 0.3 is 11.9 Å². The van der Waals surface area contributed by atoms with Crippen molar-refractivity contribution >= 4 is 11.9 Å². The van der Waals surface area contributed by atoms with Gasteiger partial charge in [0.05, 0.1) is 42.5 Å². The third-order valence-corrected chi connectivity index (χ3v) is 18.2. The third-order valence-electron chi connectivity index (χ3n) is 18.2. The van der Waals surface area contributed by atoms with E-state index in [4.69, 9.17) is 61.6 Å². The lowest BCUT2D eigenvalue weighted by atomic mass is 9.95. The summed E-state index contributed by atoms with van der Waals surface area (Å²) in [6.45, 7) is 15.9. The fraction of sp³-hybridized carbons (Fsp3) is 0.968. The van der Waals surface area contributed by atoms with Crippen molar-refractivity contribution < 1.29 is 112 Å². The standard InChI is InChI=1S/C63H112O23/c1-10-13-15-16-17-18-22-25-29-33-42(64)81-57-56(85-59-48(70)45(67)43(65)36(5)75-59)53(83-60-49(71)47(69)51(38(7)77-60)82-58(73)35(4)12-3)40(9)79-63(57)84-52-39(8)78-61-50(72)54(52)74-34-30-26-23-20-19-21-24-28-32-41(31-27-14-11-2)80-55-46(68)44(66)37(6)76-62(55)86-61/h35-41,43-57,59-63,65-72H,10-34H2,1-9H3/t35-,36-,37+,38-,39-,40-,41?,43-,44-,45+,46-,47-,48+,49+,50+,51-,52-,53-,54-,55+,56+,57+,59-,60-,61-,62+,63-/m0/s1. The van der Waals surface area contributed by atoms with Gasteiger partial charge in [0.2, 0.25) is 0 Å². The summed E-state index contributed by atoms with van der Waals surface area (Å²) in [5.74, 6) is -1.78. The number of fused-ring (bicyclic) bond motifs is 3. The summed E-state index contributed by atoms with van der Waals surface area (Å²) in [6.07, 6.45) is -14.4. The van der Waals surface area contributed by atoms with Crippen LogP contribution in [0.3, 0.4) is 0 Å². The van der Waals surface area contributed by atoms with E-state index >= 15 is 0 Å². The number of carbonyl (C=O) groups is 2. The zero-order chi connectivity index (χ0) is 62.6. The van der Waals surface area contributed by atoms with Crippen molar-refractivity contribution in [1.82, 2.24) is 0 Å². The topological polar surface area (TPSA) is 316 Å². The number of esters is 2. The molecule has 6 heterocycles. The lowest BCUT2D eigenvalue weighted by molar-refractivity contribution is -0.404. The van der Waals surface area contributed by atoms with Crippen LogP contribution in [0.5, 0.6) is 0 Å². The Labute approximate surface area is 510 Å². The van der Waals surface area contributed by atoms with E-state index in [9.17, 15) is 50.4 Å². The Kier molecular flexibility index (Phi) is 31.5. The maximum Gasteiger partial charge on any atom is 0.309 e. The van der Waals surface area contributed by atoms with Gasteiger partial charge in [0.1, 0.15) is 79.4 Å². The molecular weight excluding hydrogens is 1120 g/mol. The highest BCUT2D eigenvalue weighted by atomic mass is 16.8. The molecule has 0 spiro atoms. The Morgan fingerprint density at radius 3 is 1.60 bits per heavy atom. The molecule has 27 atom stereocenters. The molecule has 1 unspecified atom stereocenters. The summed E-state index contributed by atoms with van der Waals surface area (Å²) < 4.78 is 83.5. The van der Waals surface area contributed by atoms with Gasteiger partial charge in [0, 0.05) is 13.0 Å². The molecule has 0 aromatic rings. The zero-order valence-corrected chi connectivity index (χ0v) is 53.0. The molecule has 6 aliphatic rings. The van der Waals surface area contributed by atoms with Crippen LogP contribution >= 0.6 is 0 Å². The molecule has 2 bridgehead atoms. The number of unbranched alkanes of at least 4 members (excludes halogenated alkanes) is 10. The van der Waals surface area contributed by atoms with Crippen molar-refractivity contribution in [3.63, 3.8) is 0 Å².